The summed E-state index contributed by atoms with van der Waals surface area (Å²) in [6, 6.07) is 9.32. The second-order valence-electron chi connectivity index (χ2n) is 5.11. The van der Waals surface area contributed by atoms with Crippen molar-refractivity contribution < 1.29 is 9.15 Å². The fraction of sp³-hybridized carbons (Fsp3) is 0.235. The average Bonchev–Trinajstić information content (AvgIpc) is 3.22. The van der Waals surface area contributed by atoms with Crippen molar-refractivity contribution in [1.82, 2.24) is 14.9 Å². The van der Waals surface area contributed by atoms with Crippen LogP contribution in [-0.2, 0) is 6.61 Å². The van der Waals surface area contributed by atoms with Crippen molar-refractivity contribution in [2.45, 2.75) is 25.6 Å². The molecule has 0 amide bonds. The molecule has 3 aromatic rings. The van der Waals surface area contributed by atoms with E-state index in [1.165, 1.54) is 0 Å². The number of hydrogen-bond donors (Lipinski definition) is 0. The summed E-state index contributed by atoms with van der Waals surface area (Å²) in [6.45, 7) is 4.29. The van der Waals surface area contributed by atoms with Gasteiger partial charge in [0, 0.05) is 0 Å². The lowest BCUT2D eigenvalue weighted by Crippen LogP contribution is -1.96. The Kier molecular flexibility index (Phi) is 5.78. The third-order valence-electron chi connectivity index (χ3n) is 3.29. The van der Waals surface area contributed by atoms with Gasteiger partial charge in [0.15, 0.2) is 0 Å². The molecule has 2 heterocycles. The first-order chi connectivity index (χ1) is 12.2. The number of furan rings is 1. The molecule has 0 saturated heterocycles. The summed E-state index contributed by atoms with van der Waals surface area (Å²) < 4.78 is 13.1. The summed E-state index contributed by atoms with van der Waals surface area (Å²) in [7, 11) is 0. The van der Waals surface area contributed by atoms with Crippen LogP contribution in [0.5, 0.6) is 5.75 Å². The number of para-hydroxylation sites is 1. The molecule has 0 radical (unpaired) electrons. The van der Waals surface area contributed by atoms with Crippen molar-refractivity contribution in [2.75, 3.05) is 5.75 Å². The molecule has 2 aromatic heterocycles. The maximum Gasteiger partial charge on any atom is 0.211 e. The van der Waals surface area contributed by atoms with E-state index in [0.29, 0.717) is 28.9 Å². The quantitative estimate of drug-likeness (QED) is 0.451. The zero-order chi connectivity index (χ0) is 17.6. The van der Waals surface area contributed by atoms with E-state index in [1.54, 1.807) is 35.0 Å². The van der Waals surface area contributed by atoms with E-state index in [1.807, 2.05) is 38.1 Å². The molecule has 0 saturated carbocycles. The molecular formula is C17H17ClN4O2S. The summed E-state index contributed by atoms with van der Waals surface area (Å²) in [5.74, 6) is 2.88. The van der Waals surface area contributed by atoms with Gasteiger partial charge in [0.2, 0.25) is 5.16 Å². The third kappa shape index (κ3) is 4.43. The Labute approximate surface area is 154 Å². The predicted octanol–water partition coefficient (Wildman–Crippen LogP) is 4.41. The van der Waals surface area contributed by atoms with Crippen molar-refractivity contribution in [2.24, 2.45) is 5.10 Å². The fourth-order valence-corrected chi connectivity index (χ4v) is 2.99. The van der Waals surface area contributed by atoms with Crippen LogP contribution in [0.3, 0.4) is 0 Å². The van der Waals surface area contributed by atoms with Crippen LogP contribution in [0.1, 0.15) is 24.0 Å². The number of aromatic nitrogens is 3. The van der Waals surface area contributed by atoms with Crippen LogP contribution in [0.15, 0.2) is 51.3 Å². The average molecular weight is 377 g/mol. The van der Waals surface area contributed by atoms with Gasteiger partial charge in [-0.1, -0.05) is 42.4 Å². The highest BCUT2D eigenvalue weighted by molar-refractivity contribution is 7.99. The van der Waals surface area contributed by atoms with Crippen LogP contribution >= 0.6 is 23.4 Å². The van der Waals surface area contributed by atoms with Crippen LogP contribution < -0.4 is 4.74 Å². The molecule has 130 valence electrons. The second-order valence-corrected chi connectivity index (χ2v) is 6.75. The van der Waals surface area contributed by atoms with Gasteiger partial charge in [0.25, 0.3) is 0 Å². The van der Waals surface area contributed by atoms with Crippen molar-refractivity contribution in [3.8, 4) is 5.75 Å². The molecule has 0 spiro atoms. The Morgan fingerprint density at radius 2 is 2.24 bits per heavy atom. The smallest absolute Gasteiger partial charge is 0.211 e. The fourth-order valence-electron chi connectivity index (χ4n) is 2.13. The lowest BCUT2D eigenvalue weighted by molar-refractivity contribution is 0.268. The number of nitrogens with zero attached hydrogens (tertiary/aromatic N) is 4. The Hall–Kier alpha value is -2.25. The van der Waals surface area contributed by atoms with Crippen LogP contribution in [0, 0.1) is 6.92 Å². The highest BCUT2D eigenvalue weighted by atomic mass is 35.5. The first kappa shape index (κ1) is 17.6. The zero-order valence-electron chi connectivity index (χ0n) is 13.8. The normalized spacial score (nSPS) is 11.3. The Bertz CT molecular complexity index is 855. The van der Waals surface area contributed by atoms with Crippen LogP contribution in [0.25, 0.3) is 0 Å². The van der Waals surface area contributed by atoms with E-state index in [4.69, 9.17) is 20.8 Å². The lowest BCUT2D eigenvalue weighted by Gasteiger charge is -2.09. The molecule has 0 aliphatic carbocycles. The van der Waals surface area contributed by atoms with Gasteiger partial charge in [0.1, 0.15) is 30.2 Å². The van der Waals surface area contributed by atoms with Crippen LogP contribution in [0.2, 0.25) is 5.02 Å². The molecule has 0 aliphatic rings. The van der Waals surface area contributed by atoms with Crippen molar-refractivity contribution in [1.29, 1.82) is 0 Å². The first-order valence-electron chi connectivity index (χ1n) is 7.71. The summed E-state index contributed by atoms with van der Waals surface area (Å²) in [5.41, 5.74) is 0.981. The molecule has 0 fully saturated rings. The van der Waals surface area contributed by atoms with E-state index in [0.717, 1.165) is 16.5 Å². The van der Waals surface area contributed by atoms with Crippen molar-refractivity contribution in [3.63, 3.8) is 0 Å². The van der Waals surface area contributed by atoms with Gasteiger partial charge in [-0.2, -0.15) is 9.78 Å². The maximum atomic E-state index is 6.15. The number of hydrogen-bond acceptors (Lipinski definition) is 6. The molecule has 0 atom stereocenters. The molecule has 0 unspecified atom stereocenters. The summed E-state index contributed by atoms with van der Waals surface area (Å²) in [5, 5.41) is 13.5. The van der Waals surface area contributed by atoms with Crippen LogP contribution in [0.4, 0.5) is 0 Å². The molecule has 0 N–H and O–H groups in total. The van der Waals surface area contributed by atoms with E-state index in [2.05, 4.69) is 15.3 Å². The molecule has 1 aromatic carbocycles. The molecule has 0 bridgehead atoms. The third-order valence-corrected chi connectivity index (χ3v) is 4.40. The monoisotopic (exact) mass is 376 g/mol. The molecular weight excluding hydrogens is 360 g/mol. The maximum absolute atomic E-state index is 6.15. The Morgan fingerprint density at radius 3 is 3.04 bits per heavy atom. The number of ether oxygens (including phenoxy) is 1. The highest BCUT2D eigenvalue weighted by Gasteiger charge is 2.07. The minimum Gasteiger partial charge on any atom is -0.484 e. The minimum absolute atomic E-state index is 0.294. The minimum atomic E-state index is 0.294. The largest absolute Gasteiger partial charge is 0.484 e. The van der Waals surface area contributed by atoms with Gasteiger partial charge in [-0.3, -0.25) is 0 Å². The first-order valence-corrected chi connectivity index (χ1v) is 9.07. The van der Waals surface area contributed by atoms with Crippen LogP contribution in [-0.4, -0.2) is 26.8 Å². The van der Waals surface area contributed by atoms with E-state index in [-0.39, 0.29) is 0 Å². The molecule has 8 heteroatoms. The van der Waals surface area contributed by atoms with E-state index in [9.17, 15) is 0 Å². The number of rotatable bonds is 7. The van der Waals surface area contributed by atoms with E-state index >= 15 is 0 Å². The lowest BCUT2D eigenvalue weighted by atomic mass is 10.2. The van der Waals surface area contributed by atoms with Gasteiger partial charge >= 0.3 is 0 Å². The predicted molar refractivity (Wildman–Crippen MR) is 98.6 cm³/mol. The van der Waals surface area contributed by atoms with Crippen molar-refractivity contribution >= 4 is 29.6 Å². The van der Waals surface area contributed by atoms with Gasteiger partial charge in [-0.05, 0) is 36.4 Å². The second kappa shape index (κ2) is 8.22. The van der Waals surface area contributed by atoms with Gasteiger partial charge < -0.3 is 9.15 Å². The number of halogens is 1. The number of aryl methyl sites for hydroxylation is 1. The standard InChI is InChI=1S/C17H17ClN4O2S/c1-3-25-17-21-19-11-22(17)20-9-13-7-8-14(24-13)10-23-16-12(2)5-4-6-15(16)18/h4-9,11H,3,10H2,1-2H3. The Balaban J connectivity index is 1.64. The molecule has 6 nitrogen and oxygen atoms in total. The summed E-state index contributed by atoms with van der Waals surface area (Å²) in [6.07, 6.45) is 3.18. The van der Waals surface area contributed by atoms with Gasteiger partial charge in [0.05, 0.1) is 11.2 Å². The van der Waals surface area contributed by atoms with Gasteiger partial charge in [-0.15, -0.1) is 10.2 Å². The zero-order valence-corrected chi connectivity index (χ0v) is 15.4. The molecule has 25 heavy (non-hydrogen) atoms. The van der Waals surface area contributed by atoms with Gasteiger partial charge in [-0.25, -0.2) is 0 Å². The van der Waals surface area contributed by atoms with Crippen molar-refractivity contribution in [3.05, 3.63) is 58.8 Å². The number of thioether (sulfide) groups is 1. The highest BCUT2D eigenvalue weighted by Crippen LogP contribution is 2.28. The molecule has 3 rings (SSSR count). The van der Waals surface area contributed by atoms with E-state index < -0.39 is 0 Å². The molecule has 0 aliphatic heterocycles. The topological polar surface area (TPSA) is 65.4 Å². The summed E-state index contributed by atoms with van der Waals surface area (Å²) in [4.78, 5) is 0. The SMILES string of the molecule is CCSc1nncn1N=Cc1ccc(COc2c(C)cccc2Cl)o1. The Morgan fingerprint density at radius 1 is 1.36 bits per heavy atom. The number of benzene rings is 1. The summed E-state index contributed by atoms with van der Waals surface area (Å²) >= 11 is 7.72.